The van der Waals surface area contributed by atoms with Gasteiger partial charge in [-0.1, -0.05) is 0 Å². The number of nitrogen functional groups attached to an aromatic ring is 1. The number of carbonyl (C=O) groups excluding carboxylic acids is 1. The Hall–Kier alpha value is -2.15. The molecule has 0 aromatic heterocycles. The molecule has 1 amide bonds. The maximum Gasteiger partial charge on any atom is 0.292 e. The van der Waals surface area contributed by atoms with Crippen LogP contribution < -0.4 is 16.8 Å². The van der Waals surface area contributed by atoms with Crippen LogP contribution in [0.5, 0.6) is 0 Å². The first kappa shape index (κ1) is 13.9. The van der Waals surface area contributed by atoms with Gasteiger partial charge in [0.25, 0.3) is 11.6 Å². The van der Waals surface area contributed by atoms with Gasteiger partial charge in [-0.15, -0.1) is 0 Å². The quantitative estimate of drug-likeness (QED) is 0.412. The Bertz CT molecular complexity index is 480. The van der Waals surface area contributed by atoms with Crippen molar-refractivity contribution in [1.82, 2.24) is 5.32 Å². The second-order valence-corrected chi connectivity index (χ2v) is 4.70. The average Bonchev–Trinajstić information content (AvgIpc) is 2.25. The van der Waals surface area contributed by atoms with E-state index in [9.17, 15) is 14.9 Å². The Labute approximate surface area is 104 Å². The van der Waals surface area contributed by atoms with Crippen LogP contribution in [0.2, 0.25) is 0 Å². The van der Waals surface area contributed by atoms with Gasteiger partial charge in [-0.05, 0) is 26.0 Å². The van der Waals surface area contributed by atoms with Crippen molar-refractivity contribution in [3.05, 3.63) is 33.9 Å². The molecule has 0 heterocycles. The summed E-state index contributed by atoms with van der Waals surface area (Å²) in [5.74, 6) is -0.420. The lowest BCUT2D eigenvalue weighted by atomic mass is 10.1. The van der Waals surface area contributed by atoms with E-state index in [0.717, 1.165) is 6.07 Å². The lowest BCUT2D eigenvalue weighted by molar-refractivity contribution is -0.383. The molecule has 0 atom stereocenters. The van der Waals surface area contributed by atoms with E-state index in [-0.39, 0.29) is 23.5 Å². The fourth-order valence-corrected chi connectivity index (χ4v) is 1.25. The van der Waals surface area contributed by atoms with Crippen LogP contribution in [0.3, 0.4) is 0 Å². The number of benzene rings is 1. The van der Waals surface area contributed by atoms with Crippen molar-refractivity contribution >= 4 is 17.3 Å². The number of nitro groups is 1. The smallest absolute Gasteiger partial charge is 0.292 e. The molecule has 0 unspecified atom stereocenters. The number of carbonyl (C=O) groups is 1. The molecule has 0 bridgehead atoms. The Kier molecular flexibility index (Phi) is 3.87. The molecule has 0 spiro atoms. The summed E-state index contributed by atoms with van der Waals surface area (Å²) in [5.41, 5.74) is 10.5. The normalized spacial score (nSPS) is 11.1. The summed E-state index contributed by atoms with van der Waals surface area (Å²) in [4.78, 5) is 21.8. The molecule has 0 saturated heterocycles. The van der Waals surface area contributed by atoms with Crippen molar-refractivity contribution in [2.75, 3.05) is 12.3 Å². The van der Waals surface area contributed by atoms with Crippen LogP contribution in [0, 0.1) is 10.1 Å². The Morgan fingerprint density at radius 2 is 2.11 bits per heavy atom. The molecule has 0 radical (unpaired) electrons. The number of anilines is 1. The highest BCUT2D eigenvalue weighted by Gasteiger charge is 2.17. The Morgan fingerprint density at radius 1 is 1.50 bits per heavy atom. The van der Waals surface area contributed by atoms with Crippen molar-refractivity contribution in [1.29, 1.82) is 0 Å². The van der Waals surface area contributed by atoms with Gasteiger partial charge in [0.15, 0.2) is 0 Å². The molecule has 0 aliphatic rings. The van der Waals surface area contributed by atoms with Crippen LogP contribution in [-0.2, 0) is 0 Å². The van der Waals surface area contributed by atoms with Gasteiger partial charge < -0.3 is 16.8 Å². The summed E-state index contributed by atoms with van der Waals surface area (Å²) in [6, 6.07) is 3.91. The molecule has 1 rings (SSSR count). The minimum absolute atomic E-state index is 0.0238. The van der Waals surface area contributed by atoms with Crippen LogP contribution in [0.4, 0.5) is 11.4 Å². The maximum atomic E-state index is 11.7. The highest BCUT2D eigenvalue weighted by molar-refractivity contribution is 5.95. The molecule has 0 aliphatic heterocycles. The molecule has 5 N–H and O–H groups in total. The highest BCUT2D eigenvalue weighted by atomic mass is 16.6. The van der Waals surface area contributed by atoms with Crippen LogP contribution >= 0.6 is 0 Å². The van der Waals surface area contributed by atoms with E-state index in [1.807, 2.05) is 0 Å². The van der Waals surface area contributed by atoms with Gasteiger partial charge in [0, 0.05) is 23.7 Å². The van der Waals surface area contributed by atoms with Gasteiger partial charge >= 0.3 is 0 Å². The zero-order chi connectivity index (χ0) is 13.9. The second kappa shape index (κ2) is 5.01. The van der Waals surface area contributed by atoms with Crippen molar-refractivity contribution in [3.8, 4) is 0 Å². The molecule has 1 aromatic rings. The summed E-state index contributed by atoms with van der Waals surface area (Å²) in [6.07, 6.45) is 0. The molecule has 7 nitrogen and oxygen atoms in total. The minimum atomic E-state index is -0.626. The molecule has 98 valence electrons. The highest BCUT2D eigenvalue weighted by Crippen LogP contribution is 2.22. The number of nitrogens with zero attached hydrogens (tertiary/aromatic N) is 1. The van der Waals surface area contributed by atoms with E-state index in [2.05, 4.69) is 5.32 Å². The first-order chi connectivity index (χ1) is 8.20. The van der Waals surface area contributed by atoms with Crippen molar-refractivity contribution in [2.24, 2.45) is 5.73 Å². The predicted octanol–water partition coefficient (Wildman–Crippen LogP) is 0.644. The third-order valence-electron chi connectivity index (χ3n) is 2.19. The van der Waals surface area contributed by atoms with Gasteiger partial charge in [-0.3, -0.25) is 14.9 Å². The largest absolute Gasteiger partial charge is 0.393 e. The zero-order valence-corrected chi connectivity index (χ0v) is 10.3. The van der Waals surface area contributed by atoms with Crippen LogP contribution in [-0.4, -0.2) is 22.9 Å². The first-order valence-electron chi connectivity index (χ1n) is 5.32. The van der Waals surface area contributed by atoms with Gasteiger partial charge in [-0.2, -0.15) is 0 Å². The number of rotatable bonds is 4. The fraction of sp³-hybridized carbons (Fsp3) is 0.364. The summed E-state index contributed by atoms with van der Waals surface area (Å²) >= 11 is 0. The number of nitrogens with two attached hydrogens (primary N) is 2. The lowest BCUT2D eigenvalue weighted by Gasteiger charge is -2.18. The third-order valence-corrected chi connectivity index (χ3v) is 2.19. The summed E-state index contributed by atoms with van der Waals surface area (Å²) in [5, 5.41) is 13.3. The van der Waals surface area contributed by atoms with E-state index >= 15 is 0 Å². The van der Waals surface area contributed by atoms with Crippen LogP contribution in [0.15, 0.2) is 18.2 Å². The third kappa shape index (κ3) is 3.70. The molecule has 1 aromatic carbocycles. The number of hydrogen-bond acceptors (Lipinski definition) is 5. The second-order valence-electron chi connectivity index (χ2n) is 4.70. The predicted molar refractivity (Wildman–Crippen MR) is 68.1 cm³/mol. The van der Waals surface area contributed by atoms with Gasteiger partial charge in [0.05, 0.1) is 4.92 Å². The molecule has 0 saturated carbocycles. The monoisotopic (exact) mass is 252 g/mol. The van der Waals surface area contributed by atoms with E-state index < -0.39 is 16.4 Å². The number of amides is 1. The van der Waals surface area contributed by atoms with E-state index in [1.54, 1.807) is 13.8 Å². The molecule has 18 heavy (non-hydrogen) atoms. The molecule has 7 heteroatoms. The fourth-order valence-electron chi connectivity index (χ4n) is 1.25. The van der Waals surface area contributed by atoms with Crippen molar-refractivity contribution in [2.45, 2.75) is 19.4 Å². The van der Waals surface area contributed by atoms with E-state index in [1.165, 1.54) is 12.1 Å². The first-order valence-corrected chi connectivity index (χ1v) is 5.32. The Balaban J connectivity index is 2.87. The Morgan fingerprint density at radius 3 is 2.61 bits per heavy atom. The van der Waals surface area contributed by atoms with E-state index in [0.29, 0.717) is 0 Å². The number of hydrogen-bond donors (Lipinski definition) is 3. The topological polar surface area (TPSA) is 124 Å². The summed E-state index contributed by atoms with van der Waals surface area (Å²) < 4.78 is 0. The SMILES string of the molecule is CC(C)(N)CNC(=O)c1ccc(N)c([N+](=O)[O-])c1. The number of nitro benzene ring substituents is 1. The zero-order valence-electron chi connectivity index (χ0n) is 10.3. The van der Waals surface area contributed by atoms with Gasteiger partial charge in [-0.25, -0.2) is 0 Å². The molecule has 0 fully saturated rings. The van der Waals surface area contributed by atoms with Gasteiger partial charge in [0.1, 0.15) is 5.69 Å². The minimum Gasteiger partial charge on any atom is -0.393 e. The standard InChI is InChI=1S/C11H16N4O3/c1-11(2,13)6-14-10(16)7-3-4-8(12)9(5-7)15(17)18/h3-5H,6,12-13H2,1-2H3,(H,14,16). The average molecular weight is 252 g/mol. The summed E-state index contributed by atoms with van der Waals surface area (Å²) in [7, 11) is 0. The molecular weight excluding hydrogens is 236 g/mol. The molecule has 0 aliphatic carbocycles. The number of nitrogens with one attached hydrogen (secondary N) is 1. The van der Waals surface area contributed by atoms with E-state index in [4.69, 9.17) is 11.5 Å². The van der Waals surface area contributed by atoms with Crippen molar-refractivity contribution < 1.29 is 9.72 Å². The van der Waals surface area contributed by atoms with Crippen LogP contribution in [0.25, 0.3) is 0 Å². The lowest BCUT2D eigenvalue weighted by Crippen LogP contribution is -2.45. The van der Waals surface area contributed by atoms with Crippen molar-refractivity contribution in [3.63, 3.8) is 0 Å². The maximum absolute atomic E-state index is 11.7. The summed E-state index contributed by atoms with van der Waals surface area (Å²) in [6.45, 7) is 3.79. The van der Waals surface area contributed by atoms with Gasteiger partial charge in [0.2, 0.25) is 0 Å². The molecular formula is C11H16N4O3. The van der Waals surface area contributed by atoms with Crippen LogP contribution in [0.1, 0.15) is 24.2 Å².